The van der Waals surface area contributed by atoms with Gasteiger partial charge in [-0.15, -0.1) is 0 Å². The van der Waals surface area contributed by atoms with Crippen LogP contribution in [0.4, 0.5) is 22.7 Å². The molecule has 4 aromatic rings. The van der Waals surface area contributed by atoms with Crippen molar-refractivity contribution >= 4 is 62.8 Å². The summed E-state index contributed by atoms with van der Waals surface area (Å²) in [4.78, 5) is 34.7. The number of carbonyl (C=O) groups is 2. The summed E-state index contributed by atoms with van der Waals surface area (Å²) >= 11 is 3.49. The monoisotopic (exact) mass is 969 g/mol. The van der Waals surface area contributed by atoms with Gasteiger partial charge < -0.3 is 39.1 Å². The molecule has 0 unspecified atom stereocenters. The lowest BCUT2D eigenvalue weighted by Crippen LogP contribution is -2.46. The minimum Gasteiger partial charge on any atom is -0.399 e. The highest BCUT2D eigenvalue weighted by Gasteiger charge is 2.51. The molecule has 12 heteroatoms. The number of benzene rings is 4. The number of nitrogens with zero attached hydrogens (tertiary/aromatic N) is 4. The normalized spacial score (nSPS) is 18.5. The van der Waals surface area contributed by atoms with Crippen molar-refractivity contribution in [2.75, 3.05) is 72.0 Å². The number of piperazine rings is 2. The molecular weight excluding hydrogens is 891 g/mol. The standard InChI is InChI=1S/C29H41BN2O4.C23H29BrN2O2.2CH4/c1-7-22(21(2)33)20-27(34)23-8-12-25(13-9-23)31-16-18-32(19-17-31)26-14-10-24(11-15-26)30-35-28(3,4)29(5,6)36-30;1-3-18(17(2)27)16-23(28)19-4-8-21(9-5-19)25-12-14-26(15-13-25)22-10-6-20(24)7-11-22;;/h8-15,21-22,33H,7,16-20H2,1-6H3;4-11,17-18,27H,3,12-16H2,1-2H3;2*1H4/t21-,22+;17-,18+;;/m00../s1. The molecular formula is C54H78BBrN4O6. The SMILES string of the molecule is C.C.CC[C@H](CC(=O)c1ccc(N2CCN(c3ccc(B4OC(C)(C)C(C)(C)O4)cc3)CC2)cc1)[C@H](C)O.CC[C@H](CC(=O)c1ccc(N2CCN(c3ccc(Br)cc3)CC2)cc1)[C@H](C)O. The van der Waals surface area contributed by atoms with Crippen molar-refractivity contribution in [3.8, 4) is 0 Å². The first-order valence-electron chi connectivity index (χ1n) is 23.3. The lowest BCUT2D eigenvalue weighted by atomic mass is 9.79. The van der Waals surface area contributed by atoms with Crippen LogP contribution in [0.1, 0.15) is 117 Å². The third-order valence-electron chi connectivity index (χ3n) is 14.0. The molecule has 3 aliphatic heterocycles. The lowest BCUT2D eigenvalue weighted by molar-refractivity contribution is 0.00578. The van der Waals surface area contributed by atoms with E-state index in [1.54, 1.807) is 13.8 Å². The highest BCUT2D eigenvalue weighted by atomic mass is 79.9. The quantitative estimate of drug-likeness (QED) is 0.0884. The molecule has 7 rings (SSSR count). The number of hydrogen-bond acceptors (Lipinski definition) is 10. The molecule has 0 bridgehead atoms. The highest BCUT2D eigenvalue weighted by Crippen LogP contribution is 2.37. The predicted octanol–water partition coefficient (Wildman–Crippen LogP) is 10.3. The van der Waals surface area contributed by atoms with Crippen LogP contribution in [0, 0.1) is 11.8 Å². The maximum atomic E-state index is 12.6. The van der Waals surface area contributed by atoms with E-state index in [0.29, 0.717) is 12.8 Å². The summed E-state index contributed by atoms with van der Waals surface area (Å²) in [6.07, 6.45) is 1.49. The number of ketones is 2. The first-order valence-corrected chi connectivity index (χ1v) is 24.1. The molecule has 3 heterocycles. The first kappa shape index (κ1) is 54.4. The lowest BCUT2D eigenvalue weighted by Gasteiger charge is -2.37. The van der Waals surface area contributed by atoms with Crippen LogP contribution in [0.5, 0.6) is 0 Å². The Kier molecular flexibility index (Phi) is 19.9. The number of carbonyl (C=O) groups excluding carboxylic acids is 2. The summed E-state index contributed by atoms with van der Waals surface area (Å²) in [5, 5.41) is 19.6. The smallest absolute Gasteiger partial charge is 0.399 e. The summed E-state index contributed by atoms with van der Waals surface area (Å²) in [7, 11) is -0.337. The number of Topliss-reactive ketones (excluding diaryl/α,β-unsaturated/α-hetero) is 2. The van der Waals surface area contributed by atoms with E-state index in [1.165, 1.54) is 11.4 Å². The Balaban J connectivity index is 0.000000288. The zero-order chi connectivity index (χ0) is 46.2. The molecule has 0 amide bonds. The molecule has 3 saturated heterocycles. The second kappa shape index (κ2) is 24.2. The molecule has 0 saturated carbocycles. The zero-order valence-corrected chi connectivity index (χ0v) is 40.9. The average molecular weight is 970 g/mol. The van der Waals surface area contributed by atoms with Crippen LogP contribution < -0.4 is 25.1 Å². The Labute approximate surface area is 405 Å². The fourth-order valence-electron chi connectivity index (χ4n) is 8.66. The topological polar surface area (TPSA) is 106 Å². The minimum atomic E-state index is -0.464. The Morgan fingerprint density at radius 2 is 0.818 bits per heavy atom. The summed E-state index contributed by atoms with van der Waals surface area (Å²) in [5.41, 5.74) is 6.59. The fraction of sp³-hybridized carbons (Fsp3) is 0.519. The van der Waals surface area contributed by atoms with Crippen LogP contribution in [0.2, 0.25) is 0 Å². The van der Waals surface area contributed by atoms with E-state index >= 15 is 0 Å². The molecule has 4 aromatic carbocycles. The van der Waals surface area contributed by atoms with E-state index in [4.69, 9.17) is 9.31 Å². The number of aliphatic hydroxyl groups is 2. The average Bonchev–Trinajstić information content (AvgIpc) is 3.53. The van der Waals surface area contributed by atoms with Crippen LogP contribution >= 0.6 is 15.9 Å². The molecule has 0 aromatic heterocycles. The molecule has 3 aliphatic rings. The van der Waals surface area contributed by atoms with Gasteiger partial charge in [-0.25, -0.2) is 0 Å². The summed E-state index contributed by atoms with van der Waals surface area (Å²) in [6.45, 7) is 23.5. The largest absolute Gasteiger partial charge is 0.494 e. The van der Waals surface area contributed by atoms with Crippen molar-refractivity contribution in [3.05, 3.63) is 113 Å². The van der Waals surface area contributed by atoms with Gasteiger partial charge in [-0.05, 0) is 144 Å². The van der Waals surface area contributed by atoms with Crippen molar-refractivity contribution in [1.29, 1.82) is 0 Å². The van der Waals surface area contributed by atoms with E-state index in [9.17, 15) is 19.8 Å². The summed E-state index contributed by atoms with van der Waals surface area (Å²) in [5.74, 6) is 0.248. The molecule has 3 fully saturated rings. The van der Waals surface area contributed by atoms with Crippen molar-refractivity contribution < 1.29 is 29.1 Å². The fourth-order valence-corrected chi connectivity index (χ4v) is 8.92. The van der Waals surface area contributed by atoms with E-state index in [-0.39, 0.29) is 56.6 Å². The number of hydrogen-bond donors (Lipinski definition) is 2. The van der Waals surface area contributed by atoms with Gasteiger partial charge in [0.2, 0.25) is 0 Å². The zero-order valence-electron chi connectivity index (χ0n) is 39.3. The number of rotatable bonds is 15. The Morgan fingerprint density at radius 1 is 0.545 bits per heavy atom. The van der Waals surface area contributed by atoms with Crippen LogP contribution in [0.15, 0.2) is 102 Å². The maximum Gasteiger partial charge on any atom is 0.494 e. The Morgan fingerprint density at radius 3 is 1.09 bits per heavy atom. The summed E-state index contributed by atoms with van der Waals surface area (Å²) < 4.78 is 13.5. The molecule has 4 atom stereocenters. The molecule has 0 aliphatic carbocycles. The molecule has 2 N–H and O–H groups in total. The van der Waals surface area contributed by atoms with Crippen LogP contribution in [-0.2, 0) is 9.31 Å². The van der Waals surface area contributed by atoms with Crippen molar-refractivity contribution in [3.63, 3.8) is 0 Å². The van der Waals surface area contributed by atoms with Gasteiger partial charge in [0.1, 0.15) is 0 Å². The molecule has 0 spiro atoms. The third-order valence-corrected chi connectivity index (χ3v) is 14.5. The minimum absolute atomic E-state index is 0. The van der Waals surface area contributed by atoms with E-state index in [1.807, 2.05) is 62.4 Å². The molecule has 10 nitrogen and oxygen atoms in total. The number of aliphatic hydroxyl groups excluding tert-OH is 2. The van der Waals surface area contributed by atoms with Gasteiger partial charge in [0.15, 0.2) is 11.6 Å². The summed E-state index contributed by atoms with van der Waals surface area (Å²) in [6, 6.07) is 32.9. The molecule has 360 valence electrons. The van der Waals surface area contributed by atoms with Crippen molar-refractivity contribution in [2.45, 2.75) is 119 Å². The van der Waals surface area contributed by atoms with Crippen LogP contribution in [0.3, 0.4) is 0 Å². The highest BCUT2D eigenvalue weighted by molar-refractivity contribution is 9.10. The van der Waals surface area contributed by atoms with Gasteiger partial charge in [-0.2, -0.15) is 0 Å². The third kappa shape index (κ3) is 13.7. The maximum absolute atomic E-state index is 12.6. The Hall–Kier alpha value is -4.20. The first-order chi connectivity index (χ1) is 30.5. The van der Waals surface area contributed by atoms with Gasteiger partial charge >= 0.3 is 7.12 Å². The second-order valence-corrected chi connectivity index (χ2v) is 19.7. The van der Waals surface area contributed by atoms with Gasteiger partial charge in [0, 0.05) is 104 Å². The molecule has 66 heavy (non-hydrogen) atoms. The van der Waals surface area contributed by atoms with Crippen LogP contribution in [-0.4, -0.2) is 105 Å². The van der Waals surface area contributed by atoms with Crippen molar-refractivity contribution in [1.82, 2.24) is 0 Å². The van der Waals surface area contributed by atoms with E-state index in [2.05, 4.69) is 112 Å². The van der Waals surface area contributed by atoms with Crippen LogP contribution in [0.25, 0.3) is 0 Å². The number of halogens is 1. The van der Waals surface area contributed by atoms with Gasteiger partial charge in [0.25, 0.3) is 0 Å². The van der Waals surface area contributed by atoms with Crippen molar-refractivity contribution in [2.24, 2.45) is 11.8 Å². The number of anilines is 4. The van der Waals surface area contributed by atoms with E-state index in [0.717, 1.165) is 97.6 Å². The predicted molar refractivity (Wildman–Crippen MR) is 280 cm³/mol. The van der Waals surface area contributed by atoms with Gasteiger partial charge in [-0.1, -0.05) is 69.6 Å². The molecule has 0 radical (unpaired) electrons. The Bertz CT molecular complexity index is 2080. The second-order valence-electron chi connectivity index (χ2n) is 18.8. The van der Waals surface area contributed by atoms with E-state index < -0.39 is 12.2 Å². The van der Waals surface area contributed by atoms with Gasteiger partial charge in [0.05, 0.1) is 23.4 Å². The van der Waals surface area contributed by atoms with Gasteiger partial charge in [-0.3, -0.25) is 9.59 Å².